The molecule has 4 aromatic carbocycles. The van der Waals surface area contributed by atoms with Crippen LogP contribution >= 0.6 is 11.6 Å². The molecule has 9 nitrogen and oxygen atoms in total. The number of carbonyl (C=O) groups is 1. The number of nitrogens with one attached hydrogen (secondary N) is 2. The summed E-state index contributed by atoms with van der Waals surface area (Å²) in [6, 6.07) is 21.9. The van der Waals surface area contributed by atoms with E-state index in [0.29, 0.717) is 23.1 Å². The molecule has 0 saturated heterocycles. The number of rotatable bonds is 11. The maximum absolute atomic E-state index is 13.5. The van der Waals surface area contributed by atoms with E-state index >= 15 is 0 Å². The largest absolute Gasteiger partial charge is 0.494 e. The van der Waals surface area contributed by atoms with Gasteiger partial charge in [-0.3, -0.25) is 13.8 Å². The minimum absolute atomic E-state index is 0.0552. The number of amides is 1. The highest BCUT2D eigenvalue weighted by atomic mass is 35.5. The van der Waals surface area contributed by atoms with Crippen molar-refractivity contribution in [3.8, 4) is 5.75 Å². The second-order valence-corrected chi connectivity index (χ2v) is 12.6. The minimum Gasteiger partial charge on any atom is -0.494 e. The van der Waals surface area contributed by atoms with Crippen molar-refractivity contribution >= 4 is 54.6 Å². The van der Waals surface area contributed by atoms with Crippen molar-refractivity contribution < 1.29 is 30.8 Å². The molecule has 0 spiro atoms. The molecular formula is C28H25ClFN3O6S2. The Morgan fingerprint density at radius 1 is 0.805 bits per heavy atom. The SMILES string of the molecule is CCOc1ccc(N(CC(=O)Nc2ccc(S(=O)(=O)Nc3ccc(Cl)cc3)cc2)S(=O)(=O)c2ccc(F)cc2)cc1. The van der Waals surface area contributed by atoms with Gasteiger partial charge < -0.3 is 10.1 Å². The van der Waals surface area contributed by atoms with Crippen LogP contribution in [0.3, 0.4) is 0 Å². The third kappa shape index (κ3) is 7.54. The van der Waals surface area contributed by atoms with Crippen LogP contribution in [-0.4, -0.2) is 35.9 Å². The molecule has 0 fully saturated rings. The van der Waals surface area contributed by atoms with Gasteiger partial charge in [-0.25, -0.2) is 21.2 Å². The summed E-state index contributed by atoms with van der Waals surface area (Å²) >= 11 is 5.84. The lowest BCUT2D eigenvalue weighted by atomic mass is 10.3. The fourth-order valence-electron chi connectivity index (χ4n) is 3.70. The summed E-state index contributed by atoms with van der Waals surface area (Å²) in [5, 5.41) is 3.04. The van der Waals surface area contributed by atoms with Crippen LogP contribution in [-0.2, 0) is 24.8 Å². The number of sulfonamides is 2. The highest BCUT2D eigenvalue weighted by molar-refractivity contribution is 7.93. The van der Waals surface area contributed by atoms with Crippen molar-refractivity contribution in [2.45, 2.75) is 16.7 Å². The zero-order valence-electron chi connectivity index (χ0n) is 21.6. The zero-order chi connectivity index (χ0) is 29.6. The fourth-order valence-corrected chi connectivity index (χ4v) is 6.31. The maximum atomic E-state index is 13.5. The highest BCUT2D eigenvalue weighted by Gasteiger charge is 2.27. The Morgan fingerprint density at radius 2 is 1.37 bits per heavy atom. The first kappa shape index (κ1) is 29.8. The first-order valence-electron chi connectivity index (χ1n) is 12.2. The van der Waals surface area contributed by atoms with Gasteiger partial charge in [0, 0.05) is 16.4 Å². The number of nitrogens with zero attached hydrogens (tertiary/aromatic N) is 1. The molecule has 0 aromatic heterocycles. The molecule has 4 rings (SSSR count). The molecule has 0 aliphatic carbocycles. The van der Waals surface area contributed by atoms with E-state index in [2.05, 4.69) is 10.0 Å². The standard InChI is InChI=1S/C28H25ClFN3O6S2/c1-2-39-25-13-11-24(12-14-25)33(41(37,38)27-15-5-21(30)6-16-27)19-28(34)31-22-9-17-26(18-10-22)40(35,36)32-23-7-3-20(29)4-8-23/h3-18,32H,2,19H2,1H3,(H,31,34). The molecule has 0 aliphatic rings. The second-order valence-electron chi connectivity index (χ2n) is 8.58. The topological polar surface area (TPSA) is 122 Å². The normalized spacial score (nSPS) is 11.5. The van der Waals surface area contributed by atoms with Gasteiger partial charge in [0.25, 0.3) is 20.0 Å². The lowest BCUT2D eigenvalue weighted by molar-refractivity contribution is -0.114. The molecule has 4 aromatic rings. The van der Waals surface area contributed by atoms with Crippen LogP contribution in [0.15, 0.2) is 107 Å². The molecule has 0 unspecified atom stereocenters. The third-order valence-corrected chi connectivity index (χ3v) is 9.11. The second kappa shape index (κ2) is 12.6. The number of halogens is 2. The van der Waals surface area contributed by atoms with Gasteiger partial charge in [0.2, 0.25) is 5.91 Å². The number of ether oxygens (including phenoxy) is 1. The molecule has 0 saturated carbocycles. The Labute approximate surface area is 242 Å². The lowest BCUT2D eigenvalue weighted by Gasteiger charge is -2.24. The summed E-state index contributed by atoms with van der Waals surface area (Å²) in [5.41, 5.74) is 0.748. The van der Waals surface area contributed by atoms with Crippen LogP contribution in [0.4, 0.5) is 21.5 Å². The van der Waals surface area contributed by atoms with E-state index in [9.17, 15) is 26.0 Å². The number of hydrogen-bond acceptors (Lipinski definition) is 6. The Morgan fingerprint density at radius 3 is 1.95 bits per heavy atom. The van der Waals surface area contributed by atoms with E-state index in [1.54, 1.807) is 24.3 Å². The van der Waals surface area contributed by atoms with Crippen molar-refractivity contribution in [1.29, 1.82) is 0 Å². The van der Waals surface area contributed by atoms with Crippen LogP contribution in [0.25, 0.3) is 0 Å². The quantitative estimate of drug-likeness (QED) is 0.229. The Bertz CT molecular complexity index is 1720. The van der Waals surface area contributed by atoms with Crippen molar-refractivity contribution in [3.05, 3.63) is 108 Å². The molecule has 2 N–H and O–H groups in total. The maximum Gasteiger partial charge on any atom is 0.264 e. The van der Waals surface area contributed by atoms with Gasteiger partial charge in [-0.05, 0) is 104 Å². The summed E-state index contributed by atoms with van der Waals surface area (Å²) < 4.78 is 74.6. The Hall–Kier alpha value is -4.13. The van der Waals surface area contributed by atoms with E-state index in [1.807, 2.05) is 6.92 Å². The summed E-state index contributed by atoms with van der Waals surface area (Å²) in [5.74, 6) is -0.789. The van der Waals surface area contributed by atoms with Gasteiger partial charge in [-0.2, -0.15) is 0 Å². The number of benzene rings is 4. The van der Waals surface area contributed by atoms with E-state index in [-0.39, 0.29) is 21.2 Å². The molecule has 13 heteroatoms. The number of carbonyl (C=O) groups excluding carboxylic acids is 1. The first-order chi connectivity index (χ1) is 19.5. The Kier molecular flexibility index (Phi) is 9.16. The van der Waals surface area contributed by atoms with Crippen molar-refractivity contribution in [1.82, 2.24) is 0 Å². The van der Waals surface area contributed by atoms with Crippen molar-refractivity contribution in [3.63, 3.8) is 0 Å². The third-order valence-electron chi connectivity index (χ3n) is 5.67. The molecule has 0 heterocycles. The number of anilines is 3. The van der Waals surface area contributed by atoms with E-state index < -0.39 is 38.3 Å². The van der Waals surface area contributed by atoms with Gasteiger partial charge >= 0.3 is 0 Å². The molecule has 41 heavy (non-hydrogen) atoms. The van der Waals surface area contributed by atoms with Crippen molar-refractivity contribution in [2.75, 3.05) is 27.5 Å². The molecule has 0 atom stereocenters. The lowest BCUT2D eigenvalue weighted by Crippen LogP contribution is -2.38. The summed E-state index contributed by atoms with van der Waals surface area (Å²) in [7, 11) is -8.19. The van der Waals surface area contributed by atoms with Gasteiger partial charge in [0.1, 0.15) is 18.1 Å². The van der Waals surface area contributed by atoms with Crippen LogP contribution in [0.5, 0.6) is 5.75 Å². The number of hydrogen-bond donors (Lipinski definition) is 2. The van der Waals surface area contributed by atoms with Crippen molar-refractivity contribution in [2.24, 2.45) is 0 Å². The molecule has 0 aliphatic heterocycles. The predicted octanol–water partition coefficient (Wildman–Crippen LogP) is 5.51. The smallest absolute Gasteiger partial charge is 0.264 e. The molecule has 1 amide bonds. The minimum atomic E-state index is -4.27. The van der Waals surface area contributed by atoms with E-state index in [0.717, 1.165) is 28.6 Å². The van der Waals surface area contributed by atoms with E-state index in [4.69, 9.17) is 16.3 Å². The van der Waals surface area contributed by atoms with Crippen LogP contribution < -0.4 is 19.1 Å². The summed E-state index contributed by atoms with van der Waals surface area (Å²) in [6.45, 7) is 1.60. The van der Waals surface area contributed by atoms with Crippen LogP contribution in [0.1, 0.15) is 6.92 Å². The zero-order valence-corrected chi connectivity index (χ0v) is 24.0. The summed E-state index contributed by atoms with van der Waals surface area (Å²) in [4.78, 5) is 12.7. The molecule has 0 radical (unpaired) electrons. The summed E-state index contributed by atoms with van der Waals surface area (Å²) in [6.07, 6.45) is 0. The van der Waals surface area contributed by atoms with Gasteiger partial charge in [0.15, 0.2) is 0 Å². The van der Waals surface area contributed by atoms with Gasteiger partial charge in [-0.1, -0.05) is 11.6 Å². The molecule has 214 valence electrons. The monoisotopic (exact) mass is 617 g/mol. The van der Waals surface area contributed by atoms with Crippen LogP contribution in [0.2, 0.25) is 5.02 Å². The predicted molar refractivity (Wildman–Crippen MR) is 156 cm³/mol. The van der Waals surface area contributed by atoms with Crippen LogP contribution in [0, 0.1) is 5.82 Å². The first-order valence-corrected chi connectivity index (χ1v) is 15.5. The fraction of sp³-hybridized carbons (Fsp3) is 0.107. The van der Waals surface area contributed by atoms with Gasteiger partial charge in [0.05, 0.1) is 22.1 Å². The van der Waals surface area contributed by atoms with E-state index in [1.165, 1.54) is 48.5 Å². The Balaban J connectivity index is 1.53. The highest BCUT2D eigenvalue weighted by Crippen LogP contribution is 2.27. The average Bonchev–Trinajstić information content (AvgIpc) is 2.94. The molecule has 0 bridgehead atoms. The average molecular weight is 618 g/mol. The molecular weight excluding hydrogens is 593 g/mol. The van der Waals surface area contributed by atoms with Gasteiger partial charge in [-0.15, -0.1) is 0 Å².